The summed E-state index contributed by atoms with van der Waals surface area (Å²) in [5.74, 6) is 2.17. The summed E-state index contributed by atoms with van der Waals surface area (Å²) in [4.78, 5) is 1.30. The van der Waals surface area contributed by atoms with Gasteiger partial charge in [-0.1, -0.05) is 25.0 Å². The van der Waals surface area contributed by atoms with Gasteiger partial charge in [0.05, 0.1) is 0 Å². The van der Waals surface area contributed by atoms with Gasteiger partial charge in [-0.2, -0.15) is 0 Å². The van der Waals surface area contributed by atoms with E-state index >= 15 is 0 Å². The molecule has 0 atom stereocenters. The van der Waals surface area contributed by atoms with E-state index in [0.717, 1.165) is 11.6 Å². The van der Waals surface area contributed by atoms with Crippen molar-refractivity contribution in [1.29, 1.82) is 0 Å². The van der Waals surface area contributed by atoms with Crippen molar-refractivity contribution >= 4 is 17.4 Å². The van der Waals surface area contributed by atoms with Crippen molar-refractivity contribution < 1.29 is 0 Å². The highest BCUT2D eigenvalue weighted by atomic mass is 32.2. The standard InChI is InChI=1S/C13H19NS/c1-10-5-4-8-12(14)13(10)15-9-11-6-2-3-7-11/h4-5,8,11H,2-3,6-7,9,14H2,1H3. The molecule has 0 unspecified atom stereocenters. The topological polar surface area (TPSA) is 26.0 Å². The molecule has 1 aromatic rings. The molecular weight excluding hydrogens is 202 g/mol. The molecule has 0 aliphatic heterocycles. The van der Waals surface area contributed by atoms with Crippen LogP contribution >= 0.6 is 11.8 Å². The van der Waals surface area contributed by atoms with Gasteiger partial charge in [0.25, 0.3) is 0 Å². The normalized spacial score (nSPS) is 17.1. The van der Waals surface area contributed by atoms with E-state index in [-0.39, 0.29) is 0 Å². The quantitative estimate of drug-likeness (QED) is 0.619. The highest BCUT2D eigenvalue weighted by Gasteiger charge is 2.15. The number of hydrogen-bond acceptors (Lipinski definition) is 2. The van der Waals surface area contributed by atoms with Crippen molar-refractivity contribution in [2.45, 2.75) is 37.5 Å². The van der Waals surface area contributed by atoms with E-state index in [1.807, 2.05) is 23.9 Å². The molecule has 15 heavy (non-hydrogen) atoms. The molecule has 0 amide bonds. The van der Waals surface area contributed by atoms with E-state index < -0.39 is 0 Å². The molecule has 0 radical (unpaired) electrons. The summed E-state index contributed by atoms with van der Waals surface area (Å²) in [6, 6.07) is 6.18. The first-order valence-corrected chi connectivity index (χ1v) is 6.74. The average Bonchev–Trinajstić information content (AvgIpc) is 2.70. The zero-order valence-electron chi connectivity index (χ0n) is 9.33. The van der Waals surface area contributed by atoms with E-state index in [4.69, 9.17) is 5.73 Å². The van der Waals surface area contributed by atoms with Crippen molar-refractivity contribution in [2.75, 3.05) is 11.5 Å². The lowest BCUT2D eigenvalue weighted by atomic mass is 10.1. The Hall–Kier alpha value is -0.630. The van der Waals surface area contributed by atoms with E-state index in [9.17, 15) is 0 Å². The third-order valence-electron chi connectivity index (χ3n) is 3.18. The van der Waals surface area contributed by atoms with Gasteiger partial charge in [0.15, 0.2) is 0 Å². The summed E-state index contributed by atoms with van der Waals surface area (Å²) in [7, 11) is 0. The van der Waals surface area contributed by atoms with Gasteiger partial charge in [-0.15, -0.1) is 11.8 Å². The Labute approximate surface area is 96.4 Å². The molecule has 0 saturated heterocycles. The first-order chi connectivity index (χ1) is 7.27. The van der Waals surface area contributed by atoms with E-state index in [2.05, 4.69) is 13.0 Å². The second kappa shape index (κ2) is 4.93. The Balaban J connectivity index is 1.97. The SMILES string of the molecule is Cc1cccc(N)c1SCC1CCCC1. The van der Waals surface area contributed by atoms with Gasteiger partial charge in [-0.25, -0.2) is 0 Å². The number of nitrogens with two attached hydrogens (primary N) is 1. The smallest absolute Gasteiger partial charge is 0.0454 e. The Kier molecular flexibility index (Phi) is 3.57. The number of thioether (sulfide) groups is 1. The van der Waals surface area contributed by atoms with Crippen LogP contribution in [-0.4, -0.2) is 5.75 Å². The fourth-order valence-corrected chi connectivity index (χ4v) is 3.52. The van der Waals surface area contributed by atoms with Gasteiger partial charge < -0.3 is 5.73 Å². The Bertz CT molecular complexity index is 309. The summed E-state index contributed by atoms with van der Waals surface area (Å²) < 4.78 is 0. The highest BCUT2D eigenvalue weighted by Crippen LogP contribution is 2.34. The lowest BCUT2D eigenvalue weighted by Crippen LogP contribution is -1.98. The summed E-state index contributed by atoms with van der Waals surface area (Å²) in [6.45, 7) is 2.15. The van der Waals surface area contributed by atoms with Crippen molar-refractivity contribution in [3.05, 3.63) is 23.8 Å². The van der Waals surface area contributed by atoms with Gasteiger partial charge in [-0.05, 0) is 37.3 Å². The molecule has 1 aliphatic rings. The highest BCUT2D eigenvalue weighted by molar-refractivity contribution is 7.99. The number of nitrogen functional groups attached to an aromatic ring is 1. The van der Waals surface area contributed by atoms with Crippen molar-refractivity contribution in [3.8, 4) is 0 Å². The number of anilines is 1. The van der Waals surface area contributed by atoms with Crippen LogP contribution in [0.5, 0.6) is 0 Å². The Morgan fingerprint density at radius 1 is 1.33 bits per heavy atom. The largest absolute Gasteiger partial charge is 0.398 e. The van der Waals surface area contributed by atoms with Crippen LogP contribution in [0.25, 0.3) is 0 Å². The molecule has 1 saturated carbocycles. The minimum Gasteiger partial charge on any atom is -0.398 e. The van der Waals surface area contributed by atoms with Crippen LogP contribution in [0.4, 0.5) is 5.69 Å². The van der Waals surface area contributed by atoms with Gasteiger partial charge in [0, 0.05) is 16.3 Å². The van der Waals surface area contributed by atoms with Gasteiger partial charge in [0.1, 0.15) is 0 Å². The fraction of sp³-hybridized carbons (Fsp3) is 0.538. The van der Waals surface area contributed by atoms with Crippen LogP contribution < -0.4 is 5.73 Å². The van der Waals surface area contributed by atoms with Crippen LogP contribution in [0.3, 0.4) is 0 Å². The number of rotatable bonds is 3. The summed E-state index contributed by atoms with van der Waals surface area (Å²) in [6.07, 6.45) is 5.68. The molecule has 1 aromatic carbocycles. The molecule has 2 N–H and O–H groups in total. The fourth-order valence-electron chi connectivity index (χ4n) is 2.25. The molecule has 82 valence electrons. The predicted molar refractivity (Wildman–Crippen MR) is 68.3 cm³/mol. The molecule has 2 rings (SSSR count). The molecule has 1 aliphatic carbocycles. The lowest BCUT2D eigenvalue weighted by Gasteiger charge is -2.12. The molecule has 0 spiro atoms. The van der Waals surface area contributed by atoms with Crippen LogP contribution in [0, 0.1) is 12.8 Å². The first kappa shape index (κ1) is 10.9. The average molecular weight is 221 g/mol. The van der Waals surface area contributed by atoms with Crippen molar-refractivity contribution in [2.24, 2.45) is 5.92 Å². The van der Waals surface area contributed by atoms with Crippen molar-refractivity contribution in [3.63, 3.8) is 0 Å². The molecule has 1 nitrogen and oxygen atoms in total. The maximum Gasteiger partial charge on any atom is 0.0454 e. The zero-order chi connectivity index (χ0) is 10.7. The van der Waals surface area contributed by atoms with Crippen LogP contribution in [0.1, 0.15) is 31.2 Å². The number of hydrogen-bond donors (Lipinski definition) is 1. The zero-order valence-corrected chi connectivity index (χ0v) is 10.1. The maximum absolute atomic E-state index is 5.99. The number of aryl methyl sites for hydroxylation is 1. The van der Waals surface area contributed by atoms with E-state index in [1.165, 1.54) is 41.9 Å². The molecule has 0 aromatic heterocycles. The summed E-state index contributed by atoms with van der Waals surface area (Å²) >= 11 is 1.95. The lowest BCUT2D eigenvalue weighted by molar-refractivity contribution is 0.623. The Morgan fingerprint density at radius 2 is 2.07 bits per heavy atom. The van der Waals surface area contributed by atoms with E-state index in [1.54, 1.807) is 0 Å². The second-order valence-electron chi connectivity index (χ2n) is 4.45. The molecule has 0 bridgehead atoms. The monoisotopic (exact) mass is 221 g/mol. The van der Waals surface area contributed by atoms with Crippen LogP contribution in [0.15, 0.2) is 23.1 Å². The van der Waals surface area contributed by atoms with E-state index in [0.29, 0.717) is 0 Å². The third-order valence-corrected chi connectivity index (χ3v) is 4.66. The summed E-state index contributed by atoms with van der Waals surface area (Å²) in [5, 5.41) is 0. The maximum atomic E-state index is 5.99. The van der Waals surface area contributed by atoms with Crippen molar-refractivity contribution in [1.82, 2.24) is 0 Å². The Morgan fingerprint density at radius 3 is 2.73 bits per heavy atom. The molecule has 2 heteroatoms. The van der Waals surface area contributed by atoms with Gasteiger partial charge >= 0.3 is 0 Å². The minimum absolute atomic E-state index is 0.925. The molecule has 1 fully saturated rings. The molecule has 0 heterocycles. The minimum atomic E-state index is 0.925. The number of benzene rings is 1. The van der Waals surface area contributed by atoms with Crippen LogP contribution in [0.2, 0.25) is 0 Å². The summed E-state index contributed by atoms with van der Waals surface area (Å²) in [5.41, 5.74) is 8.25. The second-order valence-corrected chi connectivity index (χ2v) is 5.49. The first-order valence-electron chi connectivity index (χ1n) is 5.75. The van der Waals surface area contributed by atoms with Gasteiger partial charge in [-0.3, -0.25) is 0 Å². The predicted octanol–water partition coefficient (Wildman–Crippen LogP) is 3.86. The molecular formula is C13H19NS. The van der Waals surface area contributed by atoms with Crippen LogP contribution in [-0.2, 0) is 0 Å². The van der Waals surface area contributed by atoms with Gasteiger partial charge in [0.2, 0.25) is 0 Å². The third kappa shape index (κ3) is 2.69.